The van der Waals surface area contributed by atoms with E-state index in [0.717, 1.165) is 104 Å². The number of carbonyl (C=O) groups excluding carboxylic acids is 3. The van der Waals surface area contributed by atoms with Crippen molar-refractivity contribution in [2.24, 2.45) is 80.8 Å². The fourth-order valence-corrected chi connectivity index (χ4v) is 18.1. The average molecular weight is 956 g/mol. The summed E-state index contributed by atoms with van der Waals surface area (Å²) in [6.07, 6.45) is 34.3. The Bertz CT molecular complexity index is 1900. The number of hydrogen-bond acceptors (Lipinski definition) is 6. The van der Waals surface area contributed by atoms with Gasteiger partial charge in [0.2, 0.25) is 5.91 Å². The number of esters is 2. The molecule has 0 aromatic heterocycles. The number of fused-ring (bicyclic) bond motifs is 10. The summed E-state index contributed by atoms with van der Waals surface area (Å²) in [5.41, 5.74) is 4.20. The molecule has 14 atom stereocenters. The van der Waals surface area contributed by atoms with Crippen LogP contribution in [-0.4, -0.2) is 59.1 Å². The highest BCUT2D eigenvalue weighted by Gasteiger charge is 2.60. The quantitative estimate of drug-likeness (QED) is 0.0735. The van der Waals surface area contributed by atoms with E-state index >= 15 is 0 Å². The van der Waals surface area contributed by atoms with Crippen molar-refractivity contribution in [1.29, 1.82) is 0 Å². The summed E-state index contributed by atoms with van der Waals surface area (Å²) in [5, 5.41) is 9.71. The van der Waals surface area contributed by atoms with E-state index in [1.807, 2.05) is 0 Å². The molecule has 1 amide bonds. The van der Waals surface area contributed by atoms with Gasteiger partial charge >= 0.3 is 17.9 Å². The predicted molar refractivity (Wildman–Crippen MR) is 275 cm³/mol. The van der Waals surface area contributed by atoms with Crippen LogP contribution < -0.4 is 0 Å². The molecule has 14 unspecified atom stereocenters. The molecule has 0 bridgehead atoms. The van der Waals surface area contributed by atoms with Crippen molar-refractivity contribution in [1.82, 2.24) is 4.90 Å². The predicted octanol–water partition coefficient (Wildman–Crippen LogP) is 14.5. The normalized spacial score (nSPS) is 38.9. The molecule has 6 saturated carbocycles. The van der Waals surface area contributed by atoms with Gasteiger partial charge < -0.3 is 19.5 Å². The van der Waals surface area contributed by atoms with E-state index in [-0.39, 0.29) is 48.3 Å². The SMILES string of the molecule is CC(C)CCCCC1CCC2C3CC=C4CC(OC(=O)CCCC(=O)N(CC(=O)O)CC(=O)OC5CCC6(C)C(=CCC7C6CCC6(C)C(CCCCC(C)C)CCC76)C5)CCC4(C)C3CCC12C. The molecule has 8 aliphatic rings. The molecule has 69 heavy (non-hydrogen) atoms. The van der Waals surface area contributed by atoms with Gasteiger partial charge in [-0.3, -0.25) is 19.2 Å². The number of unbranched alkanes of at least 4 members (excludes halogenated alkanes) is 2. The summed E-state index contributed by atoms with van der Waals surface area (Å²) in [6, 6.07) is 0. The van der Waals surface area contributed by atoms with Crippen LogP contribution in [0, 0.1) is 80.8 Å². The first-order valence-corrected chi connectivity index (χ1v) is 29.1. The molecule has 0 aromatic carbocycles. The Kier molecular flexibility index (Phi) is 16.7. The monoisotopic (exact) mass is 956 g/mol. The van der Waals surface area contributed by atoms with Gasteiger partial charge in [-0.05, 0) is 190 Å². The molecule has 8 heteroatoms. The van der Waals surface area contributed by atoms with Crippen LogP contribution >= 0.6 is 0 Å². The van der Waals surface area contributed by atoms with Crippen LogP contribution in [0.1, 0.15) is 229 Å². The molecule has 0 saturated heterocycles. The lowest BCUT2D eigenvalue weighted by atomic mass is 9.47. The number of aliphatic carboxylic acids is 1. The molecule has 1 N–H and O–H groups in total. The fourth-order valence-electron chi connectivity index (χ4n) is 18.1. The van der Waals surface area contributed by atoms with Crippen LogP contribution in [-0.2, 0) is 28.7 Å². The lowest BCUT2D eigenvalue weighted by Gasteiger charge is -2.58. The fraction of sp³-hybridized carbons (Fsp3) is 0.869. The minimum absolute atomic E-state index is 0.0261. The molecule has 0 spiro atoms. The van der Waals surface area contributed by atoms with Crippen LogP contribution in [0.3, 0.4) is 0 Å². The lowest BCUT2D eigenvalue weighted by molar-refractivity contribution is -0.158. The van der Waals surface area contributed by atoms with Crippen molar-refractivity contribution in [3.05, 3.63) is 23.3 Å². The maximum Gasteiger partial charge on any atom is 0.325 e. The molecule has 0 aliphatic heterocycles. The van der Waals surface area contributed by atoms with Crippen LogP contribution in [0.25, 0.3) is 0 Å². The van der Waals surface area contributed by atoms with Crippen molar-refractivity contribution in [3.8, 4) is 0 Å². The summed E-state index contributed by atoms with van der Waals surface area (Å²) in [6.45, 7) is 18.7. The van der Waals surface area contributed by atoms with Crippen molar-refractivity contribution in [2.45, 2.75) is 241 Å². The van der Waals surface area contributed by atoms with Gasteiger partial charge in [0, 0.05) is 25.7 Å². The second-order valence-corrected chi connectivity index (χ2v) is 26.7. The van der Waals surface area contributed by atoms with E-state index < -0.39 is 30.9 Å². The zero-order valence-corrected chi connectivity index (χ0v) is 44.9. The Hall–Kier alpha value is -2.64. The molecule has 388 valence electrons. The van der Waals surface area contributed by atoms with E-state index in [0.29, 0.717) is 22.7 Å². The van der Waals surface area contributed by atoms with Gasteiger partial charge in [0.1, 0.15) is 25.3 Å². The van der Waals surface area contributed by atoms with Gasteiger partial charge in [0.15, 0.2) is 0 Å². The highest BCUT2D eigenvalue weighted by atomic mass is 16.5. The Morgan fingerprint density at radius 3 is 1.52 bits per heavy atom. The van der Waals surface area contributed by atoms with Crippen LogP contribution in [0.5, 0.6) is 0 Å². The molecule has 8 rings (SSSR count). The third-order valence-electron chi connectivity index (χ3n) is 22.0. The third-order valence-corrected chi connectivity index (χ3v) is 22.0. The van der Waals surface area contributed by atoms with E-state index in [4.69, 9.17) is 9.47 Å². The number of carboxylic acids is 1. The van der Waals surface area contributed by atoms with E-state index in [9.17, 15) is 24.3 Å². The van der Waals surface area contributed by atoms with Crippen molar-refractivity contribution in [3.63, 3.8) is 0 Å². The largest absolute Gasteiger partial charge is 0.480 e. The van der Waals surface area contributed by atoms with Gasteiger partial charge in [-0.15, -0.1) is 0 Å². The zero-order chi connectivity index (χ0) is 49.3. The number of rotatable bonds is 20. The number of nitrogens with zero attached hydrogens (tertiary/aromatic N) is 1. The summed E-state index contributed by atoms with van der Waals surface area (Å²) in [7, 11) is 0. The smallest absolute Gasteiger partial charge is 0.325 e. The number of hydrogen-bond donors (Lipinski definition) is 1. The Balaban J connectivity index is 0.770. The minimum atomic E-state index is -1.18. The first kappa shape index (κ1) is 52.7. The van der Waals surface area contributed by atoms with Gasteiger partial charge in [0.05, 0.1) is 0 Å². The van der Waals surface area contributed by atoms with Crippen molar-refractivity contribution < 1.29 is 33.8 Å². The van der Waals surface area contributed by atoms with Crippen molar-refractivity contribution >= 4 is 23.8 Å². The van der Waals surface area contributed by atoms with E-state index in [1.54, 1.807) is 0 Å². The van der Waals surface area contributed by atoms with Crippen LogP contribution in [0.15, 0.2) is 23.3 Å². The second-order valence-electron chi connectivity index (χ2n) is 26.7. The zero-order valence-electron chi connectivity index (χ0n) is 44.9. The minimum Gasteiger partial charge on any atom is -0.480 e. The van der Waals surface area contributed by atoms with Crippen molar-refractivity contribution in [2.75, 3.05) is 13.1 Å². The molecule has 8 nitrogen and oxygen atoms in total. The summed E-state index contributed by atoms with van der Waals surface area (Å²) < 4.78 is 12.1. The Morgan fingerprint density at radius 2 is 1.06 bits per heavy atom. The van der Waals surface area contributed by atoms with E-state index in [1.165, 1.54) is 114 Å². The number of allylic oxidation sites excluding steroid dienone is 2. The Morgan fingerprint density at radius 1 is 0.580 bits per heavy atom. The molecular formula is C61H97NO7. The number of ether oxygens (including phenoxy) is 2. The van der Waals surface area contributed by atoms with Gasteiger partial charge in [-0.25, -0.2) is 0 Å². The maximum atomic E-state index is 13.4. The summed E-state index contributed by atoms with van der Waals surface area (Å²) in [5.74, 6) is 5.39. The highest BCUT2D eigenvalue weighted by molar-refractivity contribution is 5.86. The molecule has 0 aromatic rings. The molecule has 8 aliphatic carbocycles. The first-order chi connectivity index (χ1) is 32.8. The lowest BCUT2D eigenvalue weighted by Crippen LogP contribution is -2.50. The number of carbonyl (C=O) groups is 4. The molecule has 0 radical (unpaired) electrons. The first-order valence-electron chi connectivity index (χ1n) is 29.1. The highest BCUT2D eigenvalue weighted by Crippen LogP contribution is 2.68. The molecular weight excluding hydrogens is 859 g/mol. The van der Waals surface area contributed by atoms with Crippen LogP contribution in [0.4, 0.5) is 0 Å². The second kappa shape index (κ2) is 21.8. The molecule has 6 fully saturated rings. The standard InChI is InChI=1S/C61H97NO7/c1-40(2)14-9-11-16-42-22-26-50-48-24-20-44-36-46(28-32-60(44,7)52(48)30-34-58(42,50)5)68-56(66)19-13-18-54(63)62(38-55(64)65)39-57(67)69-47-29-33-61(8)45(37-47)21-25-49-51-27-23-43(17-12-10-15-41(3)4)59(51,6)35-31-53(49)61/h20-21,40-43,46-53H,9-19,22-39H2,1-8H3,(H,64,65). The average Bonchev–Trinajstić information content (AvgIpc) is 3.81. The Labute approximate surface area is 419 Å². The van der Waals surface area contributed by atoms with E-state index in [2.05, 4.69) is 67.5 Å². The summed E-state index contributed by atoms with van der Waals surface area (Å²) in [4.78, 5) is 53.1. The van der Waals surface area contributed by atoms with Gasteiger partial charge in [0.25, 0.3) is 0 Å². The maximum absolute atomic E-state index is 13.4. The molecule has 0 heterocycles. The number of amides is 1. The number of carboxylic acid groups (broad SMARTS) is 1. The third kappa shape index (κ3) is 11.2. The van der Waals surface area contributed by atoms with Gasteiger partial charge in [-0.2, -0.15) is 0 Å². The summed E-state index contributed by atoms with van der Waals surface area (Å²) >= 11 is 0. The topological polar surface area (TPSA) is 110 Å². The van der Waals surface area contributed by atoms with Crippen LogP contribution in [0.2, 0.25) is 0 Å². The van der Waals surface area contributed by atoms with Gasteiger partial charge in [-0.1, -0.05) is 117 Å².